The summed E-state index contributed by atoms with van der Waals surface area (Å²) in [6, 6.07) is 0.663. The van der Waals surface area contributed by atoms with Crippen LogP contribution >= 0.6 is 11.3 Å². The highest BCUT2D eigenvalue weighted by Crippen LogP contribution is 2.13. The van der Waals surface area contributed by atoms with Crippen molar-refractivity contribution in [2.45, 2.75) is 45.7 Å². The van der Waals surface area contributed by atoms with Gasteiger partial charge >= 0.3 is 0 Å². The van der Waals surface area contributed by atoms with Crippen LogP contribution < -0.4 is 5.32 Å². The Labute approximate surface area is 108 Å². The second kappa shape index (κ2) is 6.47. The molecular formula is C13H23N3S. The van der Waals surface area contributed by atoms with E-state index in [1.165, 1.54) is 35.8 Å². The maximum absolute atomic E-state index is 4.38. The third kappa shape index (κ3) is 3.76. The van der Waals surface area contributed by atoms with E-state index in [1.807, 2.05) is 17.5 Å². The first-order valence-corrected chi connectivity index (χ1v) is 7.49. The molecule has 1 unspecified atom stereocenters. The predicted molar refractivity (Wildman–Crippen MR) is 73.5 cm³/mol. The van der Waals surface area contributed by atoms with Gasteiger partial charge in [-0.2, -0.15) is 0 Å². The lowest BCUT2D eigenvalue weighted by Crippen LogP contribution is -2.38. The Kier molecular flexibility index (Phi) is 4.95. The number of nitrogens with one attached hydrogen (secondary N) is 1. The number of nitrogens with zero attached hydrogens (tertiary/aromatic N) is 2. The molecule has 1 aliphatic heterocycles. The third-order valence-corrected chi connectivity index (χ3v) is 4.55. The average molecular weight is 253 g/mol. The molecule has 1 aromatic heterocycles. The lowest BCUT2D eigenvalue weighted by atomic mass is 10.3. The minimum absolute atomic E-state index is 0.663. The standard InChI is InChI=1S/C13H23N3S/c1-3-13-15-10-12(17-13)9-14-8-11(2)16-6-4-5-7-16/h10-11,14H,3-9H2,1-2H3. The highest BCUT2D eigenvalue weighted by molar-refractivity contribution is 7.11. The molecule has 0 aromatic carbocycles. The lowest BCUT2D eigenvalue weighted by molar-refractivity contribution is 0.252. The first kappa shape index (κ1) is 13.0. The molecule has 17 heavy (non-hydrogen) atoms. The lowest BCUT2D eigenvalue weighted by Gasteiger charge is -2.23. The van der Waals surface area contributed by atoms with Crippen LogP contribution in [0.3, 0.4) is 0 Å². The zero-order valence-corrected chi connectivity index (χ0v) is 11.7. The van der Waals surface area contributed by atoms with E-state index in [2.05, 4.69) is 29.0 Å². The quantitative estimate of drug-likeness (QED) is 0.843. The zero-order chi connectivity index (χ0) is 12.1. The molecule has 3 nitrogen and oxygen atoms in total. The molecule has 4 heteroatoms. The summed E-state index contributed by atoms with van der Waals surface area (Å²) in [4.78, 5) is 8.32. The first-order valence-electron chi connectivity index (χ1n) is 6.68. The Bertz CT molecular complexity index is 331. The van der Waals surface area contributed by atoms with Gasteiger partial charge in [0.1, 0.15) is 0 Å². The van der Waals surface area contributed by atoms with Gasteiger partial charge in [-0.05, 0) is 39.3 Å². The number of aromatic nitrogens is 1. The van der Waals surface area contributed by atoms with Crippen molar-refractivity contribution in [2.24, 2.45) is 0 Å². The van der Waals surface area contributed by atoms with E-state index in [9.17, 15) is 0 Å². The highest BCUT2D eigenvalue weighted by atomic mass is 32.1. The molecule has 0 amide bonds. The normalized spacial score (nSPS) is 18.7. The maximum Gasteiger partial charge on any atom is 0.0925 e. The fraction of sp³-hybridized carbons (Fsp3) is 0.769. The Morgan fingerprint density at radius 2 is 2.24 bits per heavy atom. The van der Waals surface area contributed by atoms with Crippen molar-refractivity contribution in [3.05, 3.63) is 16.1 Å². The SMILES string of the molecule is CCc1ncc(CNCC(C)N2CCCC2)s1. The summed E-state index contributed by atoms with van der Waals surface area (Å²) < 4.78 is 0. The van der Waals surface area contributed by atoms with Crippen molar-refractivity contribution in [1.82, 2.24) is 15.2 Å². The van der Waals surface area contributed by atoms with Gasteiger partial charge in [-0.15, -0.1) is 11.3 Å². The van der Waals surface area contributed by atoms with Crippen LogP contribution in [0.2, 0.25) is 0 Å². The van der Waals surface area contributed by atoms with Crippen LogP contribution in [0.1, 0.15) is 36.6 Å². The second-order valence-corrected chi connectivity index (χ2v) is 6.00. The number of hydrogen-bond acceptors (Lipinski definition) is 4. The highest BCUT2D eigenvalue weighted by Gasteiger charge is 2.17. The molecule has 1 N–H and O–H groups in total. The topological polar surface area (TPSA) is 28.2 Å². The second-order valence-electron chi connectivity index (χ2n) is 4.80. The molecule has 96 valence electrons. The molecule has 2 rings (SSSR count). The Balaban J connectivity index is 1.68. The molecular weight excluding hydrogens is 230 g/mol. The molecule has 0 aliphatic carbocycles. The summed E-state index contributed by atoms with van der Waals surface area (Å²) in [6.07, 6.45) is 5.81. The largest absolute Gasteiger partial charge is 0.310 e. The number of aryl methyl sites for hydroxylation is 1. The van der Waals surface area contributed by atoms with Gasteiger partial charge in [-0.3, -0.25) is 4.90 Å². The average Bonchev–Trinajstić information content (AvgIpc) is 3.00. The van der Waals surface area contributed by atoms with Crippen LogP contribution in [-0.2, 0) is 13.0 Å². The predicted octanol–water partition coefficient (Wildman–Crippen LogP) is 2.28. The Morgan fingerprint density at radius 3 is 2.88 bits per heavy atom. The van der Waals surface area contributed by atoms with E-state index < -0.39 is 0 Å². The molecule has 1 aromatic rings. The van der Waals surface area contributed by atoms with Crippen molar-refractivity contribution >= 4 is 11.3 Å². The Morgan fingerprint density at radius 1 is 1.47 bits per heavy atom. The van der Waals surface area contributed by atoms with Gasteiger partial charge in [0.15, 0.2) is 0 Å². The van der Waals surface area contributed by atoms with E-state index in [4.69, 9.17) is 0 Å². The molecule has 1 atom stereocenters. The van der Waals surface area contributed by atoms with Crippen LogP contribution in [0, 0.1) is 0 Å². The summed E-state index contributed by atoms with van der Waals surface area (Å²) >= 11 is 1.83. The summed E-state index contributed by atoms with van der Waals surface area (Å²) in [5.41, 5.74) is 0. The third-order valence-electron chi connectivity index (χ3n) is 3.41. The van der Waals surface area contributed by atoms with Gasteiger partial charge in [0.05, 0.1) is 5.01 Å². The number of thiazole rings is 1. The summed E-state index contributed by atoms with van der Waals surface area (Å²) in [6.45, 7) is 9.09. The van der Waals surface area contributed by atoms with E-state index >= 15 is 0 Å². The molecule has 2 heterocycles. The van der Waals surface area contributed by atoms with Crippen molar-refractivity contribution in [2.75, 3.05) is 19.6 Å². The molecule has 0 bridgehead atoms. The van der Waals surface area contributed by atoms with Crippen molar-refractivity contribution in [1.29, 1.82) is 0 Å². The molecule has 0 spiro atoms. The van der Waals surface area contributed by atoms with Crippen molar-refractivity contribution < 1.29 is 0 Å². The summed E-state index contributed by atoms with van der Waals surface area (Å²) in [5, 5.41) is 4.79. The smallest absolute Gasteiger partial charge is 0.0925 e. The minimum Gasteiger partial charge on any atom is -0.310 e. The van der Waals surface area contributed by atoms with E-state index in [-0.39, 0.29) is 0 Å². The molecule has 1 aliphatic rings. The monoisotopic (exact) mass is 253 g/mol. The zero-order valence-electron chi connectivity index (χ0n) is 10.9. The van der Waals surface area contributed by atoms with E-state index in [0.717, 1.165) is 19.5 Å². The van der Waals surface area contributed by atoms with Gasteiger partial charge in [0.2, 0.25) is 0 Å². The molecule has 1 saturated heterocycles. The fourth-order valence-corrected chi connectivity index (χ4v) is 3.14. The van der Waals surface area contributed by atoms with Crippen LogP contribution in [0.4, 0.5) is 0 Å². The van der Waals surface area contributed by atoms with Crippen molar-refractivity contribution in [3.63, 3.8) is 0 Å². The number of likely N-dealkylation sites (tertiary alicyclic amines) is 1. The van der Waals surface area contributed by atoms with Crippen LogP contribution in [0.25, 0.3) is 0 Å². The Hall–Kier alpha value is -0.450. The summed E-state index contributed by atoms with van der Waals surface area (Å²) in [7, 11) is 0. The summed E-state index contributed by atoms with van der Waals surface area (Å²) in [5.74, 6) is 0. The van der Waals surface area contributed by atoms with Gasteiger partial charge in [-0.1, -0.05) is 6.92 Å². The molecule has 0 radical (unpaired) electrons. The first-order chi connectivity index (χ1) is 8.29. The van der Waals surface area contributed by atoms with Gasteiger partial charge in [0, 0.05) is 30.2 Å². The minimum atomic E-state index is 0.663. The number of hydrogen-bond donors (Lipinski definition) is 1. The van der Waals surface area contributed by atoms with E-state index in [0.29, 0.717) is 6.04 Å². The van der Waals surface area contributed by atoms with Gasteiger partial charge in [-0.25, -0.2) is 4.98 Å². The van der Waals surface area contributed by atoms with E-state index in [1.54, 1.807) is 0 Å². The molecule has 0 saturated carbocycles. The van der Waals surface area contributed by atoms with Crippen LogP contribution in [-0.4, -0.2) is 35.6 Å². The maximum atomic E-state index is 4.38. The molecule has 1 fully saturated rings. The van der Waals surface area contributed by atoms with Crippen molar-refractivity contribution in [3.8, 4) is 0 Å². The van der Waals surface area contributed by atoms with Crippen LogP contribution in [0.5, 0.6) is 0 Å². The number of rotatable bonds is 6. The fourth-order valence-electron chi connectivity index (χ4n) is 2.31. The van der Waals surface area contributed by atoms with Crippen LogP contribution in [0.15, 0.2) is 6.20 Å². The van der Waals surface area contributed by atoms with Gasteiger partial charge < -0.3 is 5.32 Å². The van der Waals surface area contributed by atoms with Gasteiger partial charge in [0.25, 0.3) is 0 Å².